The minimum absolute atomic E-state index is 0.0281. The lowest BCUT2D eigenvalue weighted by atomic mass is 10.1. The van der Waals surface area contributed by atoms with E-state index in [1.54, 1.807) is 29.2 Å². The zero-order chi connectivity index (χ0) is 17.8. The van der Waals surface area contributed by atoms with Gasteiger partial charge in [-0.1, -0.05) is 11.6 Å². The molecule has 0 aliphatic carbocycles. The third-order valence-corrected chi connectivity index (χ3v) is 4.05. The number of carbonyl (C=O) groups is 2. The molecule has 3 N–H and O–H groups in total. The number of aromatic nitrogens is 1. The van der Waals surface area contributed by atoms with Crippen LogP contribution in [0.2, 0.25) is 5.15 Å². The van der Waals surface area contributed by atoms with Gasteiger partial charge in [-0.05, 0) is 30.3 Å². The number of nitrogens with zero attached hydrogens (tertiary/aromatic N) is 2. The molecule has 1 aliphatic rings. The summed E-state index contributed by atoms with van der Waals surface area (Å²) in [4.78, 5) is 29.5. The van der Waals surface area contributed by atoms with Crippen molar-refractivity contribution in [3.8, 4) is 0 Å². The van der Waals surface area contributed by atoms with Crippen LogP contribution in [0.15, 0.2) is 36.5 Å². The fourth-order valence-electron chi connectivity index (χ4n) is 2.53. The van der Waals surface area contributed by atoms with Gasteiger partial charge >= 0.3 is 0 Å². The van der Waals surface area contributed by atoms with E-state index in [9.17, 15) is 9.59 Å². The van der Waals surface area contributed by atoms with Crippen molar-refractivity contribution < 1.29 is 14.3 Å². The smallest absolute Gasteiger partial charge is 0.254 e. The van der Waals surface area contributed by atoms with Gasteiger partial charge in [0.2, 0.25) is 0 Å². The highest BCUT2D eigenvalue weighted by Crippen LogP contribution is 2.23. The molecular formula is C17H17ClN4O3. The second-order valence-corrected chi connectivity index (χ2v) is 5.91. The Balaban J connectivity index is 1.76. The molecular weight excluding hydrogens is 344 g/mol. The fraction of sp³-hybridized carbons (Fsp3) is 0.235. The summed E-state index contributed by atoms with van der Waals surface area (Å²) in [6, 6.07) is 8.49. The fourth-order valence-corrected chi connectivity index (χ4v) is 2.69. The van der Waals surface area contributed by atoms with Crippen molar-refractivity contribution in [1.29, 1.82) is 0 Å². The van der Waals surface area contributed by atoms with Gasteiger partial charge in [-0.15, -0.1) is 0 Å². The van der Waals surface area contributed by atoms with Crippen LogP contribution in [0.1, 0.15) is 20.7 Å². The summed E-state index contributed by atoms with van der Waals surface area (Å²) < 4.78 is 5.25. The minimum Gasteiger partial charge on any atom is -0.378 e. The Morgan fingerprint density at radius 1 is 1.20 bits per heavy atom. The monoisotopic (exact) mass is 360 g/mol. The van der Waals surface area contributed by atoms with Crippen LogP contribution in [0, 0.1) is 0 Å². The number of pyridine rings is 1. The summed E-state index contributed by atoms with van der Waals surface area (Å²) in [7, 11) is 0. The van der Waals surface area contributed by atoms with E-state index in [0.29, 0.717) is 43.2 Å². The van der Waals surface area contributed by atoms with E-state index in [1.165, 1.54) is 12.3 Å². The number of hydrogen-bond acceptors (Lipinski definition) is 5. The Hall–Kier alpha value is -2.64. The second kappa shape index (κ2) is 7.50. The molecule has 1 saturated heterocycles. The molecule has 130 valence electrons. The van der Waals surface area contributed by atoms with Crippen molar-refractivity contribution >= 4 is 34.8 Å². The predicted molar refractivity (Wildman–Crippen MR) is 94.2 cm³/mol. The number of hydrogen-bond donors (Lipinski definition) is 2. The molecule has 0 unspecified atom stereocenters. The first-order valence-electron chi connectivity index (χ1n) is 7.74. The highest BCUT2D eigenvalue weighted by atomic mass is 35.5. The summed E-state index contributed by atoms with van der Waals surface area (Å²) in [5, 5.41) is 3.31. The SMILES string of the molecule is NC(=O)c1cnc(Cl)cc1Nc1ccc(C(=O)N2CCOCC2)cc1. The van der Waals surface area contributed by atoms with Crippen molar-refractivity contribution in [2.24, 2.45) is 5.73 Å². The van der Waals surface area contributed by atoms with Crippen molar-refractivity contribution in [2.75, 3.05) is 31.6 Å². The summed E-state index contributed by atoms with van der Waals surface area (Å²) >= 11 is 5.88. The second-order valence-electron chi connectivity index (χ2n) is 5.52. The number of morpholine rings is 1. The first-order chi connectivity index (χ1) is 12.0. The van der Waals surface area contributed by atoms with Gasteiger partial charge in [0.05, 0.1) is 24.5 Å². The maximum Gasteiger partial charge on any atom is 0.254 e. The number of primary amides is 1. The summed E-state index contributed by atoms with van der Waals surface area (Å²) in [6.45, 7) is 2.31. The maximum atomic E-state index is 12.4. The van der Waals surface area contributed by atoms with Crippen LogP contribution in [0.25, 0.3) is 0 Å². The highest BCUT2D eigenvalue weighted by Gasteiger charge is 2.18. The van der Waals surface area contributed by atoms with Crippen molar-refractivity contribution in [3.05, 3.63) is 52.8 Å². The van der Waals surface area contributed by atoms with E-state index in [4.69, 9.17) is 22.1 Å². The minimum atomic E-state index is -0.606. The van der Waals surface area contributed by atoms with Crippen LogP contribution in [0.4, 0.5) is 11.4 Å². The van der Waals surface area contributed by atoms with Crippen LogP contribution >= 0.6 is 11.6 Å². The lowest BCUT2D eigenvalue weighted by Crippen LogP contribution is -2.40. The average molecular weight is 361 g/mol. The number of halogens is 1. The number of ether oxygens (including phenoxy) is 1. The van der Waals surface area contributed by atoms with Crippen LogP contribution < -0.4 is 11.1 Å². The van der Waals surface area contributed by atoms with Gasteiger partial charge in [0.1, 0.15) is 5.15 Å². The van der Waals surface area contributed by atoms with Gasteiger partial charge in [0.25, 0.3) is 11.8 Å². The number of rotatable bonds is 4. The molecule has 3 rings (SSSR count). The highest BCUT2D eigenvalue weighted by molar-refractivity contribution is 6.29. The molecule has 1 fully saturated rings. The van der Waals surface area contributed by atoms with Crippen LogP contribution in [-0.4, -0.2) is 48.0 Å². The third-order valence-electron chi connectivity index (χ3n) is 3.85. The van der Waals surface area contributed by atoms with Crippen molar-refractivity contribution in [1.82, 2.24) is 9.88 Å². The molecule has 7 nitrogen and oxygen atoms in total. The van der Waals surface area contributed by atoms with E-state index in [2.05, 4.69) is 10.3 Å². The molecule has 1 aromatic carbocycles. The molecule has 0 atom stereocenters. The molecule has 1 aliphatic heterocycles. The summed E-state index contributed by atoms with van der Waals surface area (Å²) in [6.07, 6.45) is 1.32. The molecule has 8 heteroatoms. The molecule has 2 aromatic rings. The van der Waals surface area contributed by atoms with E-state index in [-0.39, 0.29) is 16.6 Å². The summed E-state index contributed by atoms with van der Waals surface area (Å²) in [5.41, 5.74) is 7.32. The van der Waals surface area contributed by atoms with Crippen LogP contribution in [0.5, 0.6) is 0 Å². The van der Waals surface area contributed by atoms with Crippen molar-refractivity contribution in [3.63, 3.8) is 0 Å². The predicted octanol–water partition coefficient (Wildman–Crippen LogP) is 2.05. The zero-order valence-corrected chi connectivity index (χ0v) is 14.1. The quantitative estimate of drug-likeness (QED) is 0.813. The largest absolute Gasteiger partial charge is 0.378 e. The summed E-state index contributed by atoms with van der Waals surface area (Å²) in [5.74, 6) is -0.634. The van der Waals surface area contributed by atoms with Gasteiger partial charge in [-0.25, -0.2) is 4.98 Å². The van der Waals surface area contributed by atoms with Gasteiger partial charge in [0, 0.05) is 30.5 Å². The Labute approximate surface area is 149 Å². The van der Waals surface area contributed by atoms with E-state index in [1.807, 2.05) is 0 Å². The maximum absolute atomic E-state index is 12.4. The third kappa shape index (κ3) is 4.07. The van der Waals surface area contributed by atoms with Gasteiger partial charge in [0.15, 0.2) is 0 Å². The Kier molecular flexibility index (Phi) is 5.16. The number of benzene rings is 1. The lowest BCUT2D eigenvalue weighted by molar-refractivity contribution is 0.0303. The number of anilines is 2. The molecule has 2 amide bonds. The van der Waals surface area contributed by atoms with E-state index < -0.39 is 5.91 Å². The van der Waals surface area contributed by atoms with E-state index >= 15 is 0 Å². The molecule has 25 heavy (non-hydrogen) atoms. The lowest BCUT2D eigenvalue weighted by Gasteiger charge is -2.26. The number of carbonyl (C=O) groups excluding carboxylic acids is 2. The first-order valence-corrected chi connectivity index (χ1v) is 8.12. The Morgan fingerprint density at radius 2 is 1.88 bits per heavy atom. The normalized spacial score (nSPS) is 14.2. The Bertz CT molecular complexity index is 789. The van der Waals surface area contributed by atoms with Crippen molar-refractivity contribution in [2.45, 2.75) is 0 Å². The van der Waals surface area contributed by atoms with Gasteiger partial charge in [-0.3, -0.25) is 9.59 Å². The van der Waals surface area contributed by atoms with E-state index in [0.717, 1.165) is 0 Å². The van der Waals surface area contributed by atoms with Crippen LogP contribution in [-0.2, 0) is 4.74 Å². The van der Waals surface area contributed by atoms with Gasteiger partial charge in [-0.2, -0.15) is 0 Å². The van der Waals surface area contributed by atoms with Crippen LogP contribution in [0.3, 0.4) is 0 Å². The molecule has 0 radical (unpaired) electrons. The average Bonchev–Trinajstić information content (AvgIpc) is 2.62. The number of nitrogens with two attached hydrogens (primary N) is 1. The molecule has 2 heterocycles. The topological polar surface area (TPSA) is 97.6 Å². The van der Waals surface area contributed by atoms with Gasteiger partial charge < -0.3 is 20.7 Å². The Morgan fingerprint density at radius 3 is 2.52 bits per heavy atom. The molecule has 1 aromatic heterocycles. The number of nitrogens with one attached hydrogen (secondary N) is 1. The zero-order valence-electron chi connectivity index (χ0n) is 13.4. The number of amides is 2. The first kappa shape index (κ1) is 17.2. The molecule has 0 spiro atoms. The molecule has 0 bridgehead atoms. The molecule has 0 saturated carbocycles. The standard InChI is InChI=1S/C17H17ClN4O3/c18-15-9-14(13(10-20-15)16(19)23)21-12-3-1-11(2-4-12)17(24)22-5-7-25-8-6-22/h1-4,9-10H,5-8H2,(H2,19,23)(H,20,21).